The molecular weight excluding hydrogens is 354 g/mol. The fraction of sp³-hybridized carbons (Fsp3) is 0.524. The Morgan fingerprint density at radius 1 is 1.21 bits per heavy atom. The van der Waals surface area contributed by atoms with Gasteiger partial charge in [-0.3, -0.25) is 10.00 Å². The number of carbonyl (C=O) groups excluding carboxylic acids is 1. The first kappa shape index (κ1) is 19.0. The Morgan fingerprint density at radius 2 is 1.96 bits per heavy atom. The van der Waals surface area contributed by atoms with Gasteiger partial charge in [0.05, 0.1) is 18.4 Å². The zero-order valence-corrected chi connectivity index (χ0v) is 16.7. The molecule has 2 aliphatic rings. The molecule has 2 fully saturated rings. The SMILES string of the molecule is CN(C)CCN1CC2(CCN(Cc3cn[nH]c3-c3ccccc3)CC2)OC1=O. The lowest BCUT2D eigenvalue weighted by molar-refractivity contribution is -0.00120. The van der Waals surface area contributed by atoms with Gasteiger partial charge in [0.1, 0.15) is 5.60 Å². The van der Waals surface area contributed by atoms with Crippen LogP contribution in [0.25, 0.3) is 11.3 Å². The monoisotopic (exact) mass is 383 g/mol. The molecule has 1 aromatic carbocycles. The van der Waals surface area contributed by atoms with Gasteiger partial charge in [-0.2, -0.15) is 5.10 Å². The van der Waals surface area contributed by atoms with E-state index in [0.29, 0.717) is 6.54 Å². The molecule has 2 aliphatic heterocycles. The number of nitrogens with zero attached hydrogens (tertiary/aromatic N) is 4. The Morgan fingerprint density at radius 3 is 2.68 bits per heavy atom. The number of piperidine rings is 1. The van der Waals surface area contributed by atoms with Crippen molar-refractivity contribution in [2.24, 2.45) is 0 Å². The van der Waals surface area contributed by atoms with Gasteiger partial charge in [0.15, 0.2) is 0 Å². The van der Waals surface area contributed by atoms with E-state index in [-0.39, 0.29) is 11.7 Å². The first-order valence-electron chi connectivity index (χ1n) is 9.97. The highest BCUT2D eigenvalue weighted by Crippen LogP contribution is 2.34. The van der Waals surface area contributed by atoms with Crippen molar-refractivity contribution in [1.29, 1.82) is 0 Å². The Labute approximate surface area is 166 Å². The normalized spacial score (nSPS) is 19.5. The van der Waals surface area contributed by atoms with Crippen LogP contribution in [0.4, 0.5) is 4.79 Å². The lowest BCUT2D eigenvalue weighted by atomic mass is 9.91. The number of aromatic amines is 1. The molecule has 4 rings (SSSR count). The summed E-state index contributed by atoms with van der Waals surface area (Å²) >= 11 is 0. The van der Waals surface area contributed by atoms with E-state index in [2.05, 4.69) is 32.1 Å². The summed E-state index contributed by atoms with van der Waals surface area (Å²) in [6.45, 7) is 5.01. The summed E-state index contributed by atoms with van der Waals surface area (Å²) in [6, 6.07) is 10.3. The summed E-state index contributed by atoms with van der Waals surface area (Å²) < 4.78 is 5.83. The fourth-order valence-electron chi connectivity index (χ4n) is 4.09. The predicted octanol–water partition coefficient (Wildman–Crippen LogP) is 2.43. The van der Waals surface area contributed by atoms with Crippen LogP contribution in [0.5, 0.6) is 0 Å². The molecule has 7 nitrogen and oxygen atoms in total. The Kier molecular flexibility index (Phi) is 5.37. The van der Waals surface area contributed by atoms with Crippen molar-refractivity contribution in [2.45, 2.75) is 25.0 Å². The summed E-state index contributed by atoms with van der Waals surface area (Å²) in [5.74, 6) is 0. The zero-order valence-electron chi connectivity index (χ0n) is 16.7. The number of rotatable bonds is 6. The molecule has 2 saturated heterocycles. The van der Waals surface area contributed by atoms with Crippen LogP contribution in [0, 0.1) is 0 Å². The van der Waals surface area contributed by atoms with E-state index >= 15 is 0 Å². The summed E-state index contributed by atoms with van der Waals surface area (Å²) in [6.07, 6.45) is 3.54. The molecule has 0 radical (unpaired) electrons. The minimum atomic E-state index is -0.307. The van der Waals surface area contributed by atoms with Gasteiger partial charge in [-0.1, -0.05) is 30.3 Å². The molecule has 150 valence electrons. The molecule has 2 aromatic rings. The third-order valence-corrected chi connectivity index (χ3v) is 5.80. The number of H-pyrrole nitrogens is 1. The highest BCUT2D eigenvalue weighted by molar-refractivity contribution is 5.70. The molecule has 0 aliphatic carbocycles. The number of likely N-dealkylation sites (tertiary alicyclic amines) is 1. The first-order chi connectivity index (χ1) is 13.5. The maximum absolute atomic E-state index is 12.3. The predicted molar refractivity (Wildman–Crippen MR) is 108 cm³/mol. The van der Waals surface area contributed by atoms with Crippen molar-refractivity contribution in [2.75, 3.05) is 46.8 Å². The van der Waals surface area contributed by atoms with Crippen LogP contribution < -0.4 is 0 Å². The van der Waals surface area contributed by atoms with Crippen LogP contribution in [0.2, 0.25) is 0 Å². The number of likely N-dealkylation sites (N-methyl/N-ethyl adjacent to an activating group) is 1. The molecular formula is C21H29N5O2. The molecule has 1 amide bonds. The van der Waals surface area contributed by atoms with Gasteiger partial charge in [0.25, 0.3) is 0 Å². The molecule has 28 heavy (non-hydrogen) atoms. The van der Waals surface area contributed by atoms with Gasteiger partial charge >= 0.3 is 6.09 Å². The van der Waals surface area contributed by atoms with Crippen molar-refractivity contribution in [1.82, 2.24) is 24.9 Å². The number of aromatic nitrogens is 2. The van der Waals surface area contributed by atoms with Gasteiger partial charge in [0.2, 0.25) is 0 Å². The Bertz CT molecular complexity index is 796. The maximum Gasteiger partial charge on any atom is 0.410 e. The topological polar surface area (TPSA) is 64.7 Å². The van der Waals surface area contributed by atoms with Crippen LogP contribution in [0.3, 0.4) is 0 Å². The van der Waals surface area contributed by atoms with E-state index < -0.39 is 0 Å². The molecule has 1 spiro atoms. The lowest BCUT2D eigenvalue weighted by Crippen LogP contribution is -2.46. The van der Waals surface area contributed by atoms with Crippen LogP contribution in [0.15, 0.2) is 36.5 Å². The molecule has 3 heterocycles. The molecule has 0 bridgehead atoms. The number of benzene rings is 1. The van der Waals surface area contributed by atoms with E-state index in [1.165, 1.54) is 5.56 Å². The number of hydrogen-bond donors (Lipinski definition) is 1. The summed E-state index contributed by atoms with van der Waals surface area (Å²) in [7, 11) is 4.05. The van der Waals surface area contributed by atoms with Gasteiger partial charge in [-0.05, 0) is 19.7 Å². The van der Waals surface area contributed by atoms with Crippen LogP contribution in [-0.2, 0) is 11.3 Å². The van der Waals surface area contributed by atoms with E-state index in [0.717, 1.165) is 56.8 Å². The number of carbonyl (C=O) groups is 1. The van der Waals surface area contributed by atoms with Gasteiger partial charge < -0.3 is 14.5 Å². The second kappa shape index (κ2) is 7.93. The summed E-state index contributed by atoms with van der Waals surface area (Å²) in [5.41, 5.74) is 3.14. The van der Waals surface area contributed by atoms with E-state index in [9.17, 15) is 4.79 Å². The number of ether oxygens (including phenoxy) is 1. The molecule has 1 N–H and O–H groups in total. The minimum absolute atomic E-state index is 0.156. The van der Waals surface area contributed by atoms with Gasteiger partial charge in [-0.15, -0.1) is 0 Å². The number of amides is 1. The molecule has 7 heteroatoms. The van der Waals surface area contributed by atoms with Crippen molar-refractivity contribution in [3.8, 4) is 11.3 Å². The molecule has 0 unspecified atom stereocenters. The van der Waals surface area contributed by atoms with E-state index in [1.54, 1.807) is 0 Å². The summed E-state index contributed by atoms with van der Waals surface area (Å²) in [5, 5.41) is 7.40. The second-order valence-corrected chi connectivity index (χ2v) is 8.19. The highest BCUT2D eigenvalue weighted by Gasteiger charge is 2.46. The van der Waals surface area contributed by atoms with Crippen molar-refractivity contribution >= 4 is 6.09 Å². The molecule has 0 saturated carbocycles. The lowest BCUT2D eigenvalue weighted by Gasteiger charge is -2.37. The van der Waals surface area contributed by atoms with Crippen molar-refractivity contribution < 1.29 is 9.53 Å². The van der Waals surface area contributed by atoms with Crippen LogP contribution in [-0.4, -0.2) is 83.4 Å². The average Bonchev–Trinajstić information content (AvgIpc) is 3.27. The van der Waals surface area contributed by atoms with E-state index in [4.69, 9.17) is 4.74 Å². The highest BCUT2D eigenvalue weighted by atomic mass is 16.6. The van der Waals surface area contributed by atoms with Crippen LogP contribution in [0.1, 0.15) is 18.4 Å². The minimum Gasteiger partial charge on any atom is -0.441 e. The quantitative estimate of drug-likeness (QED) is 0.830. The maximum atomic E-state index is 12.3. The van der Waals surface area contributed by atoms with E-state index in [1.807, 2.05) is 43.4 Å². The summed E-state index contributed by atoms with van der Waals surface area (Å²) in [4.78, 5) is 18.6. The smallest absolute Gasteiger partial charge is 0.410 e. The molecule has 1 aromatic heterocycles. The van der Waals surface area contributed by atoms with Crippen molar-refractivity contribution in [3.63, 3.8) is 0 Å². The van der Waals surface area contributed by atoms with Gasteiger partial charge in [0, 0.05) is 51.1 Å². The third-order valence-electron chi connectivity index (χ3n) is 5.80. The van der Waals surface area contributed by atoms with Crippen molar-refractivity contribution in [3.05, 3.63) is 42.1 Å². The fourth-order valence-corrected chi connectivity index (χ4v) is 4.09. The second-order valence-electron chi connectivity index (χ2n) is 8.19. The Balaban J connectivity index is 1.35. The third kappa shape index (κ3) is 4.05. The first-order valence-corrected chi connectivity index (χ1v) is 9.97. The average molecular weight is 383 g/mol. The standard InChI is InChI=1S/C21H29N5O2/c1-24(2)12-13-26-16-21(28-20(26)27)8-10-25(11-9-21)15-18-14-22-23-19(18)17-6-4-3-5-7-17/h3-7,14H,8-13,15-16H2,1-2H3,(H,22,23). The van der Waals surface area contributed by atoms with Gasteiger partial charge in [-0.25, -0.2) is 4.79 Å². The largest absolute Gasteiger partial charge is 0.441 e. The molecule has 0 atom stereocenters. The Hall–Kier alpha value is -2.38. The number of nitrogens with one attached hydrogen (secondary N) is 1. The zero-order chi connectivity index (χ0) is 19.6. The number of hydrogen-bond acceptors (Lipinski definition) is 5. The van der Waals surface area contributed by atoms with Crippen LogP contribution >= 0.6 is 0 Å².